The number of hydrogen-bond donors (Lipinski definition) is 2. The molecule has 0 fully saturated rings. The predicted octanol–water partition coefficient (Wildman–Crippen LogP) is 4.04. The molecule has 104 valence electrons. The topological polar surface area (TPSA) is 40.5 Å². The monoisotopic (exact) mass is 244 g/mol. The van der Waals surface area contributed by atoms with Gasteiger partial charge in [0, 0.05) is 0 Å². The lowest BCUT2D eigenvalue weighted by Gasteiger charge is -2.06. The van der Waals surface area contributed by atoms with Crippen LogP contribution in [-0.4, -0.2) is 22.9 Å². The molecule has 0 spiro atoms. The molecule has 2 nitrogen and oxygen atoms in total. The van der Waals surface area contributed by atoms with E-state index in [0.717, 1.165) is 12.8 Å². The molecule has 0 aromatic rings. The molecular formula is C15H32O2. The van der Waals surface area contributed by atoms with Gasteiger partial charge in [-0.15, -0.1) is 0 Å². The number of aliphatic hydroxyl groups is 2. The summed E-state index contributed by atoms with van der Waals surface area (Å²) in [6.45, 7) is 2.17. The van der Waals surface area contributed by atoms with Crippen LogP contribution in [-0.2, 0) is 0 Å². The smallest absolute Gasteiger partial charge is 0.0770 e. The third-order valence-electron chi connectivity index (χ3n) is 3.35. The molecule has 0 saturated heterocycles. The molecule has 0 aromatic heterocycles. The standard InChI is InChI=1S/C15H32O2/c1-2-3-4-5-6-7-8-9-10-11-12-13-15(17)14-16/h15-17H,2-14H2,1H3. The summed E-state index contributed by atoms with van der Waals surface area (Å²) in [4.78, 5) is 0. The highest BCUT2D eigenvalue weighted by atomic mass is 16.3. The van der Waals surface area contributed by atoms with E-state index in [-0.39, 0.29) is 6.61 Å². The van der Waals surface area contributed by atoms with Crippen LogP contribution in [0, 0.1) is 0 Å². The van der Waals surface area contributed by atoms with Crippen LogP contribution in [0.1, 0.15) is 84.0 Å². The van der Waals surface area contributed by atoms with Crippen LogP contribution < -0.4 is 0 Å². The summed E-state index contributed by atoms with van der Waals surface area (Å²) in [5.41, 5.74) is 0. The van der Waals surface area contributed by atoms with E-state index >= 15 is 0 Å². The predicted molar refractivity (Wildman–Crippen MR) is 74.2 cm³/mol. The van der Waals surface area contributed by atoms with Crippen LogP contribution in [0.4, 0.5) is 0 Å². The third kappa shape index (κ3) is 13.9. The van der Waals surface area contributed by atoms with Crippen molar-refractivity contribution in [2.45, 2.75) is 90.1 Å². The summed E-state index contributed by atoms with van der Waals surface area (Å²) >= 11 is 0. The first-order valence-corrected chi connectivity index (χ1v) is 7.60. The van der Waals surface area contributed by atoms with Crippen LogP contribution in [0.2, 0.25) is 0 Å². The minimum absolute atomic E-state index is 0.0856. The van der Waals surface area contributed by atoms with Crippen molar-refractivity contribution in [2.75, 3.05) is 6.61 Å². The fraction of sp³-hybridized carbons (Fsp3) is 1.00. The number of rotatable bonds is 13. The Labute approximate surface area is 107 Å². The summed E-state index contributed by atoms with van der Waals surface area (Å²) < 4.78 is 0. The van der Waals surface area contributed by atoms with Crippen molar-refractivity contribution >= 4 is 0 Å². The molecule has 0 rings (SSSR count). The molecule has 0 radical (unpaired) electrons. The summed E-state index contributed by atoms with van der Waals surface area (Å²) in [6, 6.07) is 0. The second kappa shape index (κ2) is 14.0. The van der Waals surface area contributed by atoms with Crippen molar-refractivity contribution in [3.05, 3.63) is 0 Å². The molecule has 0 amide bonds. The van der Waals surface area contributed by atoms with Gasteiger partial charge in [0.15, 0.2) is 0 Å². The van der Waals surface area contributed by atoms with Crippen molar-refractivity contribution in [3.8, 4) is 0 Å². The average Bonchev–Trinajstić information content (AvgIpc) is 2.35. The van der Waals surface area contributed by atoms with E-state index in [2.05, 4.69) is 6.92 Å². The Morgan fingerprint density at radius 3 is 1.53 bits per heavy atom. The van der Waals surface area contributed by atoms with Crippen molar-refractivity contribution in [1.29, 1.82) is 0 Å². The van der Waals surface area contributed by atoms with E-state index in [1.54, 1.807) is 0 Å². The highest BCUT2D eigenvalue weighted by molar-refractivity contribution is 4.53. The molecule has 1 unspecified atom stereocenters. The SMILES string of the molecule is CCCCCCCCCCCCCC(O)CO. The second-order valence-corrected chi connectivity index (χ2v) is 5.16. The van der Waals surface area contributed by atoms with Gasteiger partial charge in [-0.05, 0) is 6.42 Å². The van der Waals surface area contributed by atoms with E-state index in [1.165, 1.54) is 64.2 Å². The molecule has 0 saturated carbocycles. The van der Waals surface area contributed by atoms with Gasteiger partial charge in [-0.1, -0.05) is 77.6 Å². The molecule has 2 N–H and O–H groups in total. The largest absolute Gasteiger partial charge is 0.394 e. The molecule has 0 bridgehead atoms. The minimum Gasteiger partial charge on any atom is -0.394 e. The molecule has 2 heteroatoms. The average molecular weight is 244 g/mol. The molecule has 0 aliphatic carbocycles. The summed E-state index contributed by atoms with van der Waals surface area (Å²) in [5.74, 6) is 0. The van der Waals surface area contributed by atoms with Gasteiger partial charge >= 0.3 is 0 Å². The lowest BCUT2D eigenvalue weighted by atomic mass is 10.0. The second-order valence-electron chi connectivity index (χ2n) is 5.16. The van der Waals surface area contributed by atoms with E-state index in [9.17, 15) is 0 Å². The zero-order valence-electron chi connectivity index (χ0n) is 11.7. The maximum absolute atomic E-state index is 9.15. The van der Waals surface area contributed by atoms with Crippen molar-refractivity contribution in [2.24, 2.45) is 0 Å². The third-order valence-corrected chi connectivity index (χ3v) is 3.35. The zero-order chi connectivity index (χ0) is 12.8. The molecule has 0 aliphatic rings. The van der Waals surface area contributed by atoms with Gasteiger partial charge in [-0.2, -0.15) is 0 Å². The maximum atomic E-state index is 9.15. The molecule has 0 aromatic carbocycles. The van der Waals surface area contributed by atoms with Gasteiger partial charge in [-0.3, -0.25) is 0 Å². The minimum atomic E-state index is -0.492. The lowest BCUT2D eigenvalue weighted by molar-refractivity contribution is 0.0860. The van der Waals surface area contributed by atoms with E-state index in [1.807, 2.05) is 0 Å². The van der Waals surface area contributed by atoms with Crippen LogP contribution in [0.25, 0.3) is 0 Å². The van der Waals surface area contributed by atoms with Gasteiger partial charge < -0.3 is 10.2 Å². The number of hydrogen-bond acceptors (Lipinski definition) is 2. The Balaban J connectivity index is 2.94. The Hall–Kier alpha value is -0.0800. The van der Waals surface area contributed by atoms with Gasteiger partial charge in [-0.25, -0.2) is 0 Å². The Bertz CT molecular complexity index is 137. The van der Waals surface area contributed by atoms with E-state index in [4.69, 9.17) is 10.2 Å². The Morgan fingerprint density at radius 2 is 1.12 bits per heavy atom. The fourth-order valence-electron chi connectivity index (χ4n) is 2.14. The highest BCUT2D eigenvalue weighted by Gasteiger charge is 2.00. The Morgan fingerprint density at radius 1 is 0.706 bits per heavy atom. The summed E-state index contributed by atoms with van der Waals surface area (Å²) in [5, 5.41) is 17.8. The first-order chi connectivity index (χ1) is 8.31. The van der Waals surface area contributed by atoms with E-state index in [0.29, 0.717) is 0 Å². The van der Waals surface area contributed by atoms with Crippen LogP contribution in [0.3, 0.4) is 0 Å². The van der Waals surface area contributed by atoms with Crippen LogP contribution in [0.15, 0.2) is 0 Å². The summed E-state index contributed by atoms with van der Waals surface area (Å²) in [7, 11) is 0. The highest BCUT2D eigenvalue weighted by Crippen LogP contribution is 2.12. The normalized spacial score (nSPS) is 12.9. The summed E-state index contributed by atoms with van der Waals surface area (Å²) in [6.07, 6.45) is 14.9. The quantitative estimate of drug-likeness (QED) is 0.480. The van der Waals surface area contributed by atoms with Crippen molar-refractivity contribution < 1.29 is 10.2 Å². The van der Waals surface area contributed by atoms with Crippen LogP contribution >= 0.6 is 0 Å². The number of aliphatic hydroxyl groups excluding tert-OH is 2. The van der Waals surface area contributed by atoms with Gasteiger partial charge in [0.25, 0.3) is 0 Å². The molecule has 1 atom stereocenters. The number of unbranched alkanes of at least 4 members (excludes halogenated alkanes) is 10. The maximum Gasteiger partial charge on any atom is 0.0770 e. The molecular weight excluding hydrogens is 212 g/mol. The fourth-order valence-corrected chi connectivity index (χ4v) is 2.14. The van der Waals surface area contributed by atoms with Crippen molar-refractivity contribution in [1.82, 2.24) is 0 Å². The lowest BCUT2D eigenvalue weighted by Crippen LogP contribution is -2.10. The van der Waals surface area contributed by atoms with Gasteiger partial charge in [0.1, 0.15) is 0 Å². The molecule has 17 heavy (non-hydrogen) atoms. The Kier molecular flexibility index (Phi) is 13.9. The van der Waals surface area contributed by atoms with Gasteiger partial charge in [0.2, 0.25) is 0 Å². The molecule has 0 heterocycles. The molecule has 0 aliphatic heterocycles. The zero-order valence-corrected chi connectivity index (χ0v) is 11.7. The van der Waals surface area contributed by atoms with Crippen molar-refractivity contribution in [3.63, 3.8) is 0 Å². The van der Waals surface area contributed by atoms with Gasteiger partial charge in [0.05, 0.1) is 12.7 Å². The van der Waals surface area contributed by atoms with E-state index < -0.39 is 6.10 Å². The first-order valence-electron chi connectivity index (χ1n) is 7.60. The first kappa shape index (κ1) is 16.9. The van der Waals surface area contributed by atoms with Crippen LogP contribution in [0.5, 0.6) is 0 Å².